The molecule has 0 radical (unpaired) electrons. The number of amides is 1. The van der Waals surface area contributed by atoms with Gasteiger partial charge in [0.05, 0.1) is 28.7 Å². The first-order valence-corrected chi connectivity index (χ1v) is 10.9. The Bertz CT molecular complexity index is 1170. The molecule has 1 aromatic heterocycles. The van der Waals surface area contributed by atoms with Crippen LogP contribution in [0.3, 0.4) is 0 Å². The maximum Gasteiger partial charge on any atom is 0.416 e. The molecule has 0 unspecified atom stereocenters. The molecule has 1 aliphatic heterocycles. The first-order valence-electron chi connectivity index (χ1n) is 10.9. The second-order valence-corrected chi connectivity index (χ2v) is 8.07. The second kappa shape index (κ2) is 9.82. The van der Waals surface area contributed by atoms with Gasteiger partial charge >= 0.3 is 6.18 Å². The lowest BCUT2D eigenvalue weighted by Crippen LogP contribution is -2.30. The van der Waals surface area contributed by atoms with Gasteiger partial charge in [0, 0.05) is 32.0 Å². The van der Waals surface area contributed by atoms with E-state index in [4.69, 9.17) is 4.42 Å². The normalized spacial score (nSPS) is 14.3. The molecule has 1 aliphatic rings. The number of rotatable bonds is 6. The van der Waals surface area contributed by atoms with E-state index in [0.717, 1.165) is 43.5 Å². The molecule has 0 bridgehead atoms. The summed E-state index contributed by atoms with van der Waals surface area (Å²) in [4.78, 5) is 18.5. The Hall–Kier alpha value is -3.43. The summed E-state index contributed by atoms with van der Waals surface area (Å²) in [7, 11) is 0. The predicted molar refractivity (Wildman–Crippen MR) is 116 cm³/mol. The Kier molecular flexibility index (Phi) is 6.85. The molecule has 2 aromatic carbocycles. The highest BCUT2D eigenvalue weighted by molar-refractivity contribution is 5.94. The van der Waals surface area contributed by atoms with Crippen molar-refractivity contribution in [1.82, 2.24) is 4.98 Å². The molecule has 0 atom stereocenters. The molecule has 5 nitrogen and oxygen atoms in total. The van der Waals surface area contributed by atoms with Gasteiger partial charge in [-0.1, -0.05) is 0 Å². The van der Waals surface area contributed by atoms with Crippen molar-refractivity contribution in [3.8, 4) is 11.3 Å². The molecule has 0 aliphatic carbocycles. The van der Waals surface area contributed by atoms with Crippen molar-refractivity contribution in [2.45, 2.75) is 38.3 Å². The van der Waals surface area contributed by atoms with E-state index in [1.165, 1.54) is 18.3 Å². The fourth-order valence-corrected chi connectivity index (χ4v) is 3.90. The van der Waals surface area contributed by atoms with Crippen LogP contribution in [0.25, 0.3) is 11.3 Å². The van der Waals surface area contributed by atoms with Crippen LogP contribution < -0.4 is 10.2 Å². The number of nitrogens with zero attached hydrogens (tertiary/aromatic N) is 2. The number of benzene rings is 2. The number of aryl methyl sites for hydroxylation is 1. The summed E-state index contributed by atoms with van der Waals surface area (Å²) >= 11 is 0. The standard InChI is InChI=1S/C24H22F5N3O2/c25-16-5-6-17(18(26)13-16)21-14-30-23(34-21)9-8-22(33)31-19-12-15(24(27,28)29)4-7-20(19)32-10-2-1-3-11-32/h4-7,12-14H,1-3,8-11H2,(H,31,33). The summed E-state index contributed by atoms with van der Waals surface area (Å²) in [5.41, 5.74) is -0.170. The second-order valence-electron chi connectivity index (χ2n) is 8.07. The number of alkyl halides is 3. The Morgan fingerprint density at radius 3 is 2.53 bits per heavy atom. The van der Waals surface area contributed by atoms with Gasteiger partial charge in [-0.05, 0) is 49.6 Å². The average molecular weight is 479 g/mol. The Labute approximate surface area is 192 Å². The number of anilines is 2. The van der Waals surface area contributed by atoms with Gasteiger partial charge in [0.2, 0.25) is 5.91 Å². The average Bonchev–Trinajstić information content (AvgIpc) is 3.26. The largest absolute Gasteiger partial charge is 0.441 e. The summed E-state index contributed by atoms with van der Waals surface area (Å²) in [5, 5.41) is 2.59. The number of piperidine rings is 1. The third kappa shape index (κ3) is 5.55. The van der Waals surface area contributed by atoms with E-state index in [1.807, 2.05) is 4.90 Å². The molecule has 3 aromatic rings. The zero-order valence-corrected chi connectivity index (χ0v) is 18.1. The lowest BCUT2D eigenvalue weighted by Gasteiger charge is -2.31. The van der Waals surface area contributed by atoms with E-state index in [2.05, 4.69) is 10.3 Å². The van der Waals surface area contributed by atoms with Crippen molar-refractivity contribution in [3.63, 3.8) is 0 Å². The van der Waals surface area contributed by atoms with Gasteiger partial charge < -0.3 is 14.6 Å². The fourth-order valence-electron chi connectivity index (χ4n) is 3.90. The van der Waals surface area contributed by atoms with E-state index in [-0.39, 0.29) is 35.7 Å². The highest BCUT2D eigenvalue weighted by Gasteiger charge is 2.32. The van der Waals surface area contributed by atoms with Crippen LogP contribution in [0.1, 0.15) is 37.1 Å². The summed E-state index contributed by atoms with van der Waals surface area (Å²) in [6, 6.07) is 6.38. The highest BCUT2D eigenvalue weighted by Crippen LogP contribution is 2.36. The Balaban J connectivity index is 1.46. The zero-order valence-electron chi connectivity index (χ0n) is 18.1. The third-order valence-corrected chi connectivity index (χ3v) is 5.61. The number of oxazole rings is 1. The SMILES string of the molecule is O=C(CCc1ncc(-c2ccc(F)cc2F)o1)Nc1cc(C(F)(F)F)ccc1N1CCCCC1. The lowest BCUT2D eigenvalue weighted by atomic mass is 10.1. The van der Waals surface area contributed by atoms with Crippen molar-refractivity contribution in [2.24, 2.45) is 0 Å². The van der Waals surface area contributed by atoms with Gasteiger partial charge in [-0.25, -0.2) is 13.8 Å². The van der Waals surface area contributed by atoms with Crippen LogP contribution in [0.2, 0.25) is 0 Å². The quantitative estimate of drug-likeness (QED) is 0.428. The number of halogens is 5. The monoisotopic (exact) mass is 479 g/mol. The van der Waals surface area contributed by atoms with E-state index in [1.54, 1.807) is 0 Å². The van der Waals surface area contributed by atoms with Crippen LogP contribution in [0.15, 0.2) is 47.0 Å². The minimum atomic E-state index is -4.54. The molecule has 180 valence electrons. The predicted octanol–water partition coefficient (Wildman–Crippen LogP) is 6.20. The minimum absolute atomic E-state index is 0.0275. The van der Waals surface area contributed by atoms with Crippen LogP contribution in [-0.4, -0.2) is 24.0 Å². The number of hydrogen-bond donors (Lipinski definition) is 1. The molecule has 4 rings (SSSR count). The van der Waals surface area contributed by atoms with Crippen LogP contribution >= 0.6 is 0 Å². The first kappa shape index (κ1) is 23.7. The summed E-state index contributed by atoms with van der Waals surface area (Å²) < 4.78 is 72.2. The lowest BCUT2D eigenvalue weighted by molar-refractivity contribution is -0.137. The number of carbonyl (C=O) groups excluding carboxylic acids is 1. The summed E-state index contributed by atoms with van der Waals surface area (Å²) in [6.45, 7) is 1.40. The van der Waals surface area contributed by atoms with Gasteiger partial charge in [0.1, 0.15) is 11.6 Å². The highest BCUT2D eigenvalue weighted by atomic mass is 19.4. The fraction of sp³-hybridized carbons (Fsp3) is 0.333. The van der Waals surface area contributed by atoms with Crippen molar-refractivity contribution in [2.75, 3.05) is 23.3 Å². The van der Waals surface area contributed by atoms with E-state index in [9.17, 15) is 26.7 Å². The van der Waals surface area contributed by atoms with Crippen LogP contribution in [0.4, 0.5) is 33.3 Å². The maximum atomic E-state index is 13.9. The Morgan fingerprint density at radius 2 is 1.82 bits per heavy atom. The molecule has 1 amide bonds. The molecular formula is C24H22F5N3O2. The van der Waals surface area contributed by atoms with Gasteiger partial charge in [0.25, 0.3) is 0 Å². The van der Waals surface area contributed by atoms with E-state index in [0.29, 0.717) is 18.8 Å². The summed E-state index contributed by atoms with van der Waals surface area (Å²) in [5.74, 6) is -1.82. The molecule has 1 N–H and O–H groups in total. The molecule has 34 heavy (non-hydrogen) atoms. The molecule has 1 fully saturated rings. The van der Waals surface area contributed by atoms with Crippen LogP contribution in [0.5, 0.6) is 0 Å². The van der Waals surface area contributed by atoms with Gasteiger partial charge in [-0.2, -0.15) is 13.2 Å². The molecule has 0 spiro atoms. The Morgan fingerprint density at radius 1 is 1.06 bits per heavy atom. The minimum Gasteiger partial charge on any atom is -0.441 e. The number of carbonyl (C=O) groups is 1. The van der Waals surface area contributed by atoms with Crippen molar-refractivity contribution in [1.29, 1.82) is 0 Å². The third-order valence-electron chi connectivity index (χ3n) is 5.61. The van der Waals surface area contributed by atoms with Gasteiger partial charge in [-0.15, -0.1) is 0 Å². The number of aromatic nitrogens is 1. The van der Waals surface area contributed by atoms with Crippen LogP contribution in [0, 0.1) is 11.6 Å². The molecule has 0 saturated carbocycles. The van der Waals surface area contributed by atoms with Gasteiger partial charge in [-0.3, -0.25) is 4.79 Å². The van der Waals surface area contributed by atoms with Gasteiger partial charge in [0.15, 0.2) is 11.7 Å². The zero-order chi connectivity index (χ0) is 24.3. The van der Waals surface area contributed by atoms with Crippen molar-refractivity contribution < 1.29 is 31.2 Å². The topological polar surface area (TPSA) is 58.4 Å². The molecule has 10 heteroatoms. The summed E-state index contributed by atoms with van der Waals surface area (Å²) in [6.07, 6.45) is -0.424. The number of nitrogens with one attached hydrogen (secondary N) is 1. The molecule has 2 heterocycles. The number of hydrogen-bond acceptors (Lipinski definition) is 4. The van der Waals surface area contributed by atoms with Crippen molar-refractivity contribution >= 4 is 17.3 Å². The first-order chi connectivity index (χ1) is 16.2. The molecule has 1 saturated heterocycles. The van der Waals surface area contributed by atoms with E-state index >= 15 is 0 Å². The maximum absolute atomic E-state index is 13.9. The smallest absolute Gasteiger partial charge is 0.416 e. The molecular weight excluding hydrogens is 457 g/mol. The van der Waals surface area contributed by atoms with Crippen LogP contribution in [-0.2, 0) is 17.4 Å². The van der Waals surface area contributed by atoms with Crippen molar-refractivity contribution in [3.05, 3.63) is 65.7 Å². The van der Waals surface area contributed by atoms with E-state index < -0.39 is 29.3 Å².